The van der Waals surface area contributed by atoms with Crippen molar-refractivity contribution in [2.75, 3.05) is 5.32 Å². The molecule has 1 aromatic carbocycles. The Morgan fingerprint density at radius 1 is 1.50 bits per heavy atom. The van der Waals surface area contributed by atoms with E-state index in [0.717, 1.165) is 11.3 Å². The van der Waals surface area contributed by atoms with Crippen molar-refractivity contribution in [1.82, 2.24) is 0 Å². The van der Waals surface area contributed by atoms with Crippen LogP contribution < -0.4 is 5.32 Å². The van der Waals surface area contributed by atoms with Crippen LogP contribution in [0.5, 0.6) is 5.75 Å². The number of anilines is 1. The SMILES string of the molecule is CC1Nc2cc(O)ccc2C=C1C#N. The van der Waals surface area contributed by atoms with Gasteiger partial charge in [0.15, 0.2) is 0 Å². The topological polar surface area (TPSA) is 56.0 Å². The number of nitrogens with zero attached hydrogens (tertiary/aromatic N) is 1. The molecule has 1 unspecified atom stereocenters. The van der Waals surface area contributed by atoms with Crippen LogP contribution in [-0.4, -0.2) is 11.1 Å². The van der Waals surface area contributed by atoms with Crippen LogP contribution in [0.3, 0.4) is 0 Å². The molecule has 3 heteroatoms. The van der Waals surface area contributed by atoms with Gasteiger partial charge in [-0.15, -0.1) is 0 Å². The molecule has 1 heterocycles. The number of nitriles is 1. The molecule has 0 saturated carbocycles. The Morgan fingerprint density at radius 3 is 3.00 bits per heavy atom. The van der Waals surface area contributed by atoms with Gasteiger partial charge in [0.05, 0.1) is 17.7 Å². The van der Waals surface area contributed by atoms with Crippen molar-refractivity contribution in [3.8, 4) is 11.8 Å². The van der Waals surface area contributed by atoms with Crippen molar-refractivity contribution in [2.24, 2.45) is 0 Å². The Kier molecular flexibility index (Phi) is 1.90. The lowest BCUT2D eigenvalue weighted by Crippen LogP contribution is -2.20. The van der Waals surface area contributed by atoms with E-state index < -0.39 is 0 Å². The molecule has 2 rings (SSSR count). The lowest BCUT2D eigenvalue weighted by molar-refractivity contribution is 0.475. The van der Waals surface area contributed by atoms with E-state index in [2.05, 4.69) is 11.4 Å². The fraction of sp³-hybridized carbons (Fsp3) is 0.182. The fourth-order valence-electron chi connectivity index (χ4n) is 1.53. The van der Waals surface area contributed by atoms with Gasteiger partial charge < -0.3 is 10.4 Å². The van der Waals surface area contributed by atoms with E-state index in [-0.39, 0.29) is 11.8 Å². The summed E-state index contributed by atoms with van der Waals surface area (Å²) in [6.07, 6.45) is 1.84. The largest absolute Gasteiger partial charge is 0.508 e. The van der Waals surface area contributed by atoms with Crippen LogP contribution in [0.1, 0.15) is 12.5 Å². The molecule has 0 radical (unpaired) electrons. The van der Waals surface area contributed by atoms with Crippen LogP contribution in [0.4, 0.5) is 5.69 Å². The maximum Gasteiger partial charge on any atom is 0.117 e. The number of phenolic OH excluding ortho intramolecular Hbond substituents is 1. The van der Waals surface area contributed by atoms with Crippen LogP contribution >= 0.6 is 0 Å². The van der Waals surface area contributed by atoms with Gasteiger partial charge >= 0.3 is 0 Å². The molecule has 70 valence electrons. The highest BCUT2D eigenvalue weighted by Gasteiger charge is 2.16. The second kappa shape index (κ2) is 3.08. The predicted octanol–water partition coefficient (Wildman–Crippen LogP) is 2.11. The highest BCUT2D eigenvalue weighted by molar-refractivity contribution is 5.76. The molecule has 1 aliphatic heterocycles. The quantitative estimate of drug-likeness (QED) is 0.652. The number of hydrogen-bond acceptors (Lipinski definition) is 3. The van der Waals surface area contributed by atoms with E-state index in [4.69, 9.17) is 5.26 Å². The summed E-state index contributed by atoms with van der Waals surface area (Å²) in [5.41, 5.74) is 2.53. The van der Waals surface area contributed by atoms with Crippen LogP contribution in [0.25, 0.3) is 6.08 Å². The van der Waals surface area contributed by atoms with Crippen molar-refractivity contribution in [2.45, 2.75) is 13.0 Å². The Bertz CT molecular complexity index is 443. The molecular formula is C11H10N2O. The number of fused-ring (bicyclic) bond motifs is 1. The van der Waals surface area contributed by atoms with Crippen molar-refractivity contribution < 1.29 is 5.11 Å². The highest BCUT2D eigenvalue weighted by Crippen LogP contribution is 2.29. The van der Waals surface area contributed by atoms with Gasteiger partial charge in [0.2, 0.25) is 0 Å². The van der Waals surface area contributed by atoms with Gasteiger partial charge in [0.1, 0.15) is 5.75 Å². The van der Waals surface area contributed by atoms with E-state index in [1.165, 1.54) is 0 Å². The van der Waals surface area contributed by atoms with E-state index in [1.807, 2.05) is 13.0 Å². The van der Waals surface area contributed by atoms with Crippen LogP contribution in [-0.2, 0) is 0 Å². The number of aromatic hydroxyl groups is 1. The Hall–Kier alpha value is -1.95. The summed E-state index contributed by atoms with van der Waals surface area (Å²) in [6, 6.07) is 7.22. The maximum absolute atomic E-state index is 9.27. The molecule has 1 aromatic rings. The van der Waals surface area contributed by atoms with Crippen molar-refractivity contribution in [3.63, 3.8) is 0 Å². The number of hydrogen-bond donors (Lipinski definition) is 2. The van der Waals surface area contributed by atoms with Crippen molar-refractivity contribution in [3.05, 3.63) is 29.3 Å². The molecule has 1 atom stereocenters. The second-order valence-electron chi connectivity index (χ2n) is 3.35. The molecule has 0 amide bonds. The van der Waals surface area contributed by atoms with Gasteiger partial charge in [-0.3, -0.25) is 0 Å². The minimum absolute atomic E-state index is 0.00861. The van der Waals surface area contributed by atoms with Gasteiger partial charge in [0.25, 0.3) is 0 Å². The molecule has 0 aliphatic carbocycles. The predicted molar refractivity (Wildman–Crippen MR) is 54.8 cm³/mol. The van der Waals surface area contributed by atoms with Crippen molar-refractivity contribution in [1.29, 1.82) is 5.26 Å². The van der Waals surface area contributed by atoms with Gasteiger partial charge in [0, 0.05) is 11.8 Å². The fourth-order valence-corrected chi connectivity index (χ4v) is 1.53. The summed E-state index contributed by atoms with van der Waals surface area (Å²) in [7, 11) is 0. The van der Waals surface area contributed by atoms with E-state index in [1.54, 1.807) is 18.2 Å². The zero-order chi connectivity index (χ0) is 10.1. The van der Waals surface area contributed by atoms with Crippen LogP contribution in [0, 0.1) is 11.3 Å². The molecule has 0 aromatic heterocycles. The average Bonchev–Trinajstić information content (AvgIpc) is 2.16. The minimum atomic E-state index is 0.00861. The number of nitrogens with one attached hydrogen (secondary N) is 1. The van der Waals surface area contributed by atoms with Gasteiger partial charge in [-0.25, -0.2) is 0 Å². The van der Waals surface area contributed by atoms with E-state index in [9.17, 15) is 5.11 Å². The zero-order valence-corrected chi connectivity index (χ0v) is 7.78. The lowest BCUT2D eigenvalue weighted by atomic mass is 9.99. The molecule has 14 heavy (non-hydrogen) atoms. The maximum atomic E-state index is 9.27. The molecule has 0 bridgehead atoms. The second-order valence-corrected chi connectivity index (χ2v) is 3.35. The summed E-state index contributed by atoms with van der Waals surface area (Å²) >= 11 is 0. The lowest BCUT2D eigenvalue weighted by Gasteiger charge is -2.21. The number of rotatable bonds is 0. The highest BCUT2D eigenvalue weighted by atomic mass is 16.3. The summed E-state index contributed by atoms with van der Waals surface area (Å²) in [5.74, 6) is 0.234. The molecular weight excluding hydrogens is 176 g/mol. The monoisotopic (exact) mass is 186 g/mol. The number of phenols is 1. The third kappa shape index (κ3) is 1.31. The third-order valence-electron chi connectivity index (χ3n) is 2.32. The third-order valence-corrected chi connectivity index (χ3v) is 2.32. The molecule has 0 saturated heterocycles. The Balaban J connectivity index is 2.52. The van der Waals surface area contributed by atoms with E-state index >= 15 is 0 Å². The first-order valence-electron chi connectivity index (χ1n) is 4.42. The average molecular weight is 186 g/mol. The van der Waals surface area contributed by atoms with Gasteiger partial charge in [-0.1, -0.05) is 0 Å². The summed E-state index contributed by atoms with van der Waals surface area (Å²) in [5, 5.41) is 21.3. The van der Waals surface area contributed by atoms with Crippen molar-refractivity contribution >= 4 is 11.8 Å². The molecule has 3 nitrogen and oxygen atoms in total. The minimum Gasteiger partial charge on any atom is -0.508 e. The normalized spacial score (nSPS) is 18.9. The van der Waals surface area contributed by atoms with Gasteiger partial charge in [-0.05, 0) is 30.7 Å². The van der Waals surface area contributed by atoms with Crippen LogP contribution in [0.15, 0.2) is 23.8 Å². The summed E-state index contributed by atoms with van der Waals surface area (Å²) in [4.78, 5) is 0. The van der Waals surface area contributed by atoms with Gasteiger partial charge in [-0.2, -0.15) is 5.26 Å². The Labute approximate surface area is 82.3 Å². The first-order valence-corrected chi connectivity index (χ1v) is 4.42. The summed E-state index contributed by atoms with van der Waals surface area (Å²) in [6.45, 7) is 1.92. The Morgan fingerprint density at radius 2 is 2.29 bits per heavy atom. The zero-order valence-electron chi connectivity index (χ0n) is 7.78. The smallest absolute Gasteiger partial charge is 0.117 e. The van der Waals surface area contributed by atoms with E-state index in [0.29, 0.717) is 5.57 Å². The summed E-state index contributed by atoms with van der Waals surface area (Å²) < 4.78 is 0. The molecule has 0 spiro atoms. The number of benzene rings is 1. The molecule has 1 aliphatic rings. The first-order chi connectivity index (χ1) is 6.70. The standard InChI is InChI=1S/C11H10N2O/c1-7-9(6-12)4-8-2-3-10(14)5-11(8)13-7/h2-5,7,13-14H,1H3. The molecule has 2 N–H and O–H groups in total. The van der Waals surface area contributed by atoms with Crippen LogP contribution in [0.2, 0.25) is 0 Å². The molecule has 0 fully saturated rings. The first kappa shape index (κ1) is 8.64.